The van der Waals surface area contributed by atoms with Crippen LogP contribution in [-0.2, 0) is 14.8 Å². The summed E-state index contributed by atoms with van der Waals surface area (Å²) >= 11 is 0. The SMILES string of the molecule is Cc1ccc(S(=O)(=O)NC(=O)OC(/C=C/c2ccccc2)c2ccccc2)cc1. The predicted octanol–water partition coefficient (Wildman–Crippen LogP) is 4.86. The van der Waals surface area contributed by atoms with Gasteiger partial charge in [0.1, 0.15) is 6.10 Å². The van der Waals surface area contributed by atoms with Crippen LogP contribution in [0.15, 0.2) is 95.9 Å². The zero-order chi connectivity index (χ0) is 20.7. The lowest BCUT2D eigenvalue weighted by molar-refractivity contribution is 0.126. The van der Waals surface area contributed by atoms with Gasteiger partial charge in [-0.3, -0.25) is 0 Å². The van der Waals surface area contributed by atoms with Gasteiger partial charge in [-0.15, -0.1) is 0 Å². The van der Waals surface area contributed by atoms with Crippen LogP contribution in [0, 0.1) is 6.92 Å². The topological polar surface area (TPSA) is 72.5 Å². The first kappa shape index (κ1) is 20.4. The van der Waals surface area contributed by atoms with Crippen LogP contribution in [0.4, 0.5) is 4.79 Å². The average molecular weight is 407 g/mol. The third-order valence-electron chi connectivity index (χ3n) is 4.17. The van der Waals surface area contributed by atoms with Crippen LogP contribution in [0.3, 0.4) is 0 Å². The van der Waals surface area contributed by atoms with Crippen LogP contribution < -0.4 is 4.72 Å². The highest BCUT2D eigenvalue weighted by Gasteiger charge is 2.21. The van der Waals surface area contributed by atoms with Gasteiger partial charge in [-0.05, 0) is 36.3 Å². The highest BCUT2D eigenvalue weighted by molar-refractivity contribution is 7.90. The Kier molecular flexibility index (Phi) is 6.46. The number of nitrogens with one attached hydrogen (secondary N) is 1. The third-order valence-corrected chi connectivity index (χ3v) is 5.50. The average Bonchev–Trinajstić information content (AvgIpc) is 2.72. The molecule has 6 heteroatoms. The summed E-state index contributed by atoms with van der Waals surface area (Å²) < 4.78 is 32.2. The molecule has 0 radical (unpaired) electrons. The van der Waals surface area contributed by atoms with E-state index in [1.54, 1.807) is 18.2 Å². The fourth-order valence-electron chi connectivity index (χ4n) is 2.65. The summed E-state index contributed by atoms with van der Waals surface area (Å²) in [5.41, 5.74) is 2.58. The van der Waals surface area contributed by atoms with Crippen LogP contribution in [0.25, 0.3) is 6.08 Å². The Morgan fingerprint density at radius 2 is 1.48 bits per heavy atom. The predicted molar refractivity (Wildman–Crippen MR) is 113 cm³/mol. The molecule has 1 unspecified atom stereocenters. The zero-order valence-electron chi connectivity index (χ0n) is 15.9. The number of aryl methyl sites for hydroxylation is 1. The molecule has 0 bridgehead atoms. The number of amides is 1. The maximum atomic E-state index is 12.4. The highest BCUT2D eigenvalue weighted by Crippen LogP contribution is 2.21. The summed E-state index contributed by atoms with van der Waals surface area (Å²) in [6.45, 7) is 1.85. The summed E-state index contributed by atoms with van der Waals surface area (Å²) in [5, 5.41) is 0. The maximum Gasteiger partial charge on any atom is 0.422 e. The Bertz CT molecular complexity index is 1080. The molecule has 0 fully saturated rings. The summed E-state index contributed by atoms with van der Waals surface area (Å²) in [6.07, 6.45) is 1.74. The Balaban J connectivity index is 1.77. The molecule has 0 spiro atoms. The van der Waals surface area contributed by atoms with E-state index in [1.807, 2.05) is 78.4 Å². The fourth-order valence-corrected chi connectivity index (χ4v) is 3.53. The molecule has 148 valence electrons. The number of hydrogen-bond donors (Lipinski definition) is 1. The van der Waals surface area contributed by atoms with Crippen molar-refractivity contribution >= 4 is 22.2 Å². The van der Waals surface area contributed by atoms with Gasteiger partial charge in [0.2, 0.25) is 0 Å². The first-order valence-electron chi connectivity index (χ1n) is 9.02. The quantitative estimate of drug-likeness (QED) is 0.633. The van der Waals surface area contributed by atoms with Gasteiger partial charge in [0, 0.05) is 0 Å². The Morgan fingerprint density at radius 3 is 2.10 bits per heavy atom. The number of carbonyl (C=O) groups is 1. The number of sulfonamides is 1. The molecule has 0 heterocycles. The molecule has 3 aromatic rings. The number of ether oxygens (including phenoxy) is 1. The molecule has 29 heavy (non-hydrogen) atoms. The lowest BCUT2D eigenvalue weighted by Gasteiger charge is -2.15. The fraction of sp³-hybridized carbons (Fsp3) is 0.0870. The van der Waals surface area contributed by atoms with Gasteiger partial charge in [0.05, 0.1) is 4.90 Å². The molecule has 0 aromatic heterocycles. The van der Waals surface area contributed by atoms with E-state index in [0.717, 1.165) is 16.7 Å². The normalized spacial score (nSPS) is 12.4. The molecular weight excluding hydrogens is 386 g/mol. The second-order valence-electron chi connectivity index (χ2n) is 6.42. The van der Waals surface area contributed by atoms with Gasteiger partial charge < -0.3 is 4.74 Å². The molecule has 1 amide bonds. The number of rotatable bonds is 6. The Hall–Kier alpha value is -3.38. The molecule has 1 atom stereocenters. The minimum Gasteiger partial charge on any atom is -0.436 e. The summed E-state index contributed by atoms with van der Waals surface area (Å²) in [6, 6.07) is 24.9. The summed E-state index contributed by atoms with van der Waals surface area (Å²) in [5.74, 6) is 0. The van der Waals surface area contributed by atoms with E-state index >= 15 is 0 Å². The maximum absolute atomic E-state index is 12.4. The lowest BCUT2D eigenvalue weighted by atomic mass is 10.1. The van der Waals surface area contributed by atoms with E-state index < -0.39 is 22.2 Å². The van der Waals surface area contributed by atoms with Crippen molar-refractivity contribution in [1.29, 1.82) is 0 Å². The van der Waals surface area contributed by atoms with Crippen molar-refractivity contribution in [3.8, 4) is 0 Å². The van der Waals surface area contributed by atoms with Crippen molar-refractivity contribution < 1.29 is 17.9 Å². The van der Waals surface area contributed by atoms with E-state index in [-0.39, 0.29) is 4.90 Å². The number of benzene rings is 3. The van der Waals surface area contributed by atoms with Crippen molar-refractivity contribution in [2.24, 2.45) is 0 Å². The molecule has 3 rings (SSSR count). The highest BCUT2D eigenvalue weighted by atomic mass is 32.2. The molecule has 5 nitrogen and oxygen atoms in total. The molecule has 0 aliphatic rings. The first-order chi connectivity index (χ1) is 13.9. The van der Waals surface area contributed by atoms with E-state index in [4.69, 9.17) is 4.74 Å². The minimum absolute atomic E-state index is 0.00358. The number of hydrogen-bond acceptors (Lipinski definition) is 4. The second-order valence-corrected chi connectivity index (χ2v) is 8.11. The van der Waals surface area contributed by atoms with E-state index in [9.17, 15) is 13.2 Å². The number of carbonyl (C=O) groups excluding carboxylic acids is 1. The first-order valence-corrected chi connectivity index (χ1v) is 10.5. The lowest BCUT2D eigenvalue weighted by Crippen LogP contribution is -2.31. The van der Waals surface area contributed by atoms with Gasteiger partial charge in [-0.1, -0.05) is 84.4 Å². The standard InChI is InChI=1S/C23H21NO4S/c1-18-12-15-21(16-13-18)29(26,27)24-23(25)28-22(20-10-6-3-7-11-20)17-14-19-8-4-2-5-9-19/h2-17,22H,1H3,(H,24,25)/b17-14+. The minimum atomic E-state index is -4.02. The van der Waals surface area contributed by atoms with Crippen molar-refractivity contribution in [2.75, 3.05) is 0 Å². The van der Waals surface area contributed by atoms with Gasteiger partial charge in [0.25, 0.3) is 10.0 Å². The molecular formula is C23H21NO4S. The van der Waals surface area contributed by atoms with Gasteiger partial charge in [-0.2, -0.15) is 0 Å². The molecule has 0 aliphatic heterocycles. The molecule has 0 saturated carbocycles. The molecule has 1 N–H and O–H groups in total. The summed E-state index contributed by atoms with van der Waals surface area (Å²) in [4.78, 5) is 12.3. The molecule has 0 saturated heterocycles. The summed E-state index contributed by atoms with van der Waals surface area (Å²) in [7, 11) is -4.02. The van der Waals surface area contributed by atoms with Gasteiger partial charge >= 0.3 is 6.09 Å². The third kappa shape index (κ3) is 5.80. The van der Waals surface area contributed by atoms with Crippen molar-refractivity contribution in [2.45, 2.75) is 17.9 Å². The smallest absolute Gasteiger partial charge is 0.422 e. The van der Waals surface area contributed by atoms with E-state index in [0.29, 0.717) is 0 Å². The van der Waals surface area contributed by atoms with Crippen molar-refractivity contribution in [3.63, 3.8) is 0 Å². The Morgan fingerprint density at radius 1 is 0.897 bits per heavy atom. The monoisotopic (exact) mass is 407 g/mol. The van der Waals surface area contributed by atoms with Gasteiger partial charge in [0.15, 0.2) is 0 Å². The van der Waals surface area contributed by atoms with Crippen LogP contribution >= 0.6 is 0 Å². The zero-order valence-corrected chi connectivity index (χ0v) is 16.7. The van der Waals surface area contributed by atoms with E-state index in [1.165, 1.54) is 12.1 Å². The van der Waals surface area contributed by atoms with Crippen molar-refractivity contribution in [3.05, 3.63) is 108 Å². The Labute approximate surface area is 170 Å². The van der Waals surface area contributed by atoms with Crippen LogP contribution in [0.1, 0.15) is 22.8 Å². The van der Waals surface area contributed by atoms with Gasteiger partial charge in [-0.25, -0.2) is 17.9 Å². The van der Waals surface area contributed by atoms with Crippen LogP contribution in [-0.4, -0.2) is 14.5 Å². The van der Waals surface area contributed by atoms with Crippen molar-refractivity contribution in [1.82, 2.24) is 4.72 Å². The molecule has 0 aliphatic carbocycles. The van der Waals surface area contributed by atoms with Crippen LogP contribution in [0.2, 0.25) is 0 Å². The van der Waals surface area contributed by atoms with E-state index in [2.05, 4.69) is 0 Å². The molecule has 3 aromatic carbocycles. The largest absolute Gasteiger partial charge is 0.436 e. The second kappa shape index (κ2) is 9.21. The van der Waals surface area contributed by atoms with Crippen LogP contribution in [0.5, 0.6) is 0 Å².